The molecule has 1 aromatic rings. The number of rotatable bonds is 6. The molecule has 0 saturated carbocycles. The molecule has 0 radical (unpaired) electrons. The molecule has 3 heteroatoms. The summed E-state index contributed by atoms with van der Waals surface area (Å²) >= 11 is 0. The molecule has 0 aliphatic carbocycles. The molecule has 1 heterocycles. The van der Waals surface area contributed by atoms with E-state index in [1.54, 1.807) is 0 Å². The van der Waals surface area contributed by atoms with Gasteiger partial charge in [-0.1, -0.05) is 13.3 Å². The van der Waals surface area contributed by atoms with Crippen LogP contribution in [0.4, 0.5) is 5.69 Å². The second-order valence-corrected chi connectivity index (χ2v) is 3.31. The molecular formula is C10H19N3. The molecule has 1 atom stereocenters. The van der Waals surface area contributed by atoms with Crippen molar-refractivity contribution in [2.75, 3.05) is 25.5 Å². The van der Waals surface area contributed by atoms with Gasteiger partial charge in [-0.3, -0.25) is 0 Å². The Morgan fingerprint density at radius 2 is 2.31 bits per heavy atom. The maximum absolute atomic E-state index is 3.39. The molecule has 74 valence electrons. The molecule has 0 amide bonds. The molecule has 3 N–H and O–H groups in total. The van der Waals surface area contributed by atoms with E-state index in [4.69, 9.17) is 0 Å². The topological polar surface area (TPSA) is 39.8 Å². The average molecular weight is 181 g/mol. The molecule has 1 rings (SSSR count). The summed E-state index contributed by atoms with van der Waals surface area (Å²) in [6.07, 6.45) is 5.12. The smallest absolute Gasteiger partial charge is 0.0517 e. The number of aromatic nitrogens is 1. The van der Waals surface area contributed by atoms with E-state index < -0.39 is 0 Å². The minimum absolute atomic E-state index is 0.708. The number of anilines is 1. The van der Waals surface area contributed by atoms with E-state index in [0.717, 1.165) is 13.1 Å². The lowest BCUT2D eigenvalue weighted by Gasteiger charge is -2.14. The first-order valence-electron chi connectivity index (χ1n) is 4.88. The van der Waals surface area contributed by atoms with Gasteiger partial charge >= 0.3 is 0 Å². The number of nitrogens with one attached hydrogen (secondary N) is 3. The van der Waals surface area contributed by atoms with Crippen LogP contribution in [0.5, 0.6) is 0 Å². The van der Waals surface area contributed by atoms with Gasteiger partial charge in [-0.2, -0.15) is 0 Å². The lowest BCUT2D eigenvalue weighted by molar-refractivity contribution is 0.507. The highest BCUT2D eigenvalue weighted by molar-refractivity contribution is 5.40. The molecule has 0 fully saturated rings. The van der Waals surface area contributed by atoms with Crippen molar-refractivity contribution in [3.05, 3.63) is 18.5 Å². The number of H-pyrrole nitrogens is 1. The Balaban J connectivity index is 2.23. The molecule has 0 spiro atoms. The second kappa shape index (κ2) is 5.65. The van der Waals surface area contributed by atoms with Gasteiger partial charge in [-0.15, -0.1) is 0 Å². The number of hydrogen-bond acceptors (Lipinski definition) is 2. The second-order valence-electron chi connectivity index (χ2n) is 3.31. The van der Waals surface area contributed by atoms with Crippen LogP contribution < -0.4 is 10.6 Å². The highest BCUT2D eigenvalue weighted by Gasteiger charge is 2.03. The van der Waals surface area contributed by atoms with Crippen molar-refractivity contribution in [2.24, 2.45) is 5.92 Å². The van der Waals surface area contributed by atoms with Crippen molar-refractivity contribution >= 4 is 5.69 Å². The zero-order valence-electron chi connectivity index (χ0n) is 8.43. The molecule has 0 aromatic carbocycles. The maximum Gasteiger partial charge on any atom is 0.0517 e. The Kier molecular flexibility index (Phi) is 4.40. The van der Waals surface area contributed by atoms with E-state index in [0.29, 0.717) is 5.92 Å². The van der Waals surface area contributed by atoms with Crippen LogP contribution in [0.15, 0.2) is 18.5 Å². The van der Waals surface area contributed by atoms with Gasteiger partial charge in [-0.05, 0) is 25.6 Å². The summed E-state index contributed by atoms with van der Waals surface area (Å²) < 4.78 is 0. The summed E-state index contributed by atoms with van der Waals surface area (Å²) in [4.78, 5) is 3.03. The summed E-state index contributed by atoms with van der Waals surface area (Å²) in [7, 11) is 2.00. The van der Waals surface area contributed by atoms with E-state index >= 15 is 0 Å². The van der Waals surface area contributed by atoms with Crippen molar-refractivity contribution in [3.8, 4) is 0 Å². The predicted octanol–water partition coefficient (Wildman–Crippen LogP) is 1.67. The van der Waals surface area contributed by atoms with Crippen molar-refractivity contribution in [1.82, 2.24) is 10.3 Å². The summed E-state index contributed by atoms with van der Waals surface area (Å²) in [6.45, 7) is 4.34. The lowest BCUT2D eigenvalue weighted by atomic mass is 10.1. The molecule has 0 bridgehead atoms. The number of hydrogen-bond donors (Lipinski definition) is 3. The van der Waals surface area contributed by atoms with E-state index in [2.05, 4.69) is 22.5 Å². The normalized spacial score (nSPS) is 12.8. The van der Waals surface area contributed by atoms with Crippen molar-refractivity contribution in [1.29, 1.82) is 0 Å². The largest absolute Gasteiger partial charge is 0.383 e. The third kappa shape index (κ3) is 3.51. The van der Waals surface area contributed by atoms with Crippen molar-refractivity contribution in [2.45, 2.75) is 13.3 Å². The van der Waals surface area contributed by atoms with Crippen LogP contribution >= 0.6 is 0 Å². The molecule has 1 unspecified atom stereocenters. The van der Waals surface area contributed by atoms with Crippen LogP contribution in [0, 0.1) is 5.92 Å². The van der Waals surface area contributed by atoms with E-state index in [1.807, 2.05) is 25.5 Å². The number of aromatic amines is 1. The molecule has 0 aliphatic rings. The SMILES string of the molecule is CCC(CNC)CNc1cc[nH]c1. The molecular weight excluding hydrogens is 162 g/mol. The van der Waals surface area contributed by atoms with Crippen LogP contribution in [-0.2, 0) is 0 Å². The minimum atomic E-state index is 0.708. The zero-order chi connectivity index (χ0) is 9.52. The quantitative estimate of drug-likeness (QED) is 0.625. The van der Waals surface area contributed by atoms with Gasteiger partial charge < -0.3 is 15.6 Å². The highest BCUT2D eigenvalue weighted by atomic mass is 14.9. The first-order chi connectivity index (χ1) is 6.36. The Labute approximate surface area is 79.9 Å². The summed E-state index contributed by atoms with van der Waals surface area (Å²) in [6, 6.07) is 2.05. The van der Waals surface area contributed by atoms with Crippen LogP contribution in [0.3, 0.4) is 0 Å². The summed E-state index contributed by atoms with van der Waals surface area (Å²) in [5.74, 6) is 0.708. The van der Waals surface area contributed by atoms with Gasteiger partial charge in [0.25, 0.3) is 0 Å². The van der Waals surface area contributed by atoms with Gasteiger partial charge in [0.15, 0.2) is 0 Å². The Hall–Kier alpha value is -0.960. The first kappa shape index (κ1) is 10.1. The zero-order valence-corrected chi connectivity index (χ0v) is 8.43. The van der Waals surface area contributed by atoms with Gasteiger partial charge in [0, 0.05) is 18.9 Å². The fourth-order valence-corrected chi connectivity index (χ4v) is 1.35. The molecule has 13 heavy (non-hydrogen) atoms. The van der Waals surface area contributed by atoms with E-state index in [9.17, 15) is 0 Å². The van der Waals surface area contributed by atoms with E-state index in [-0.39, 0.29) is 0 Å². The van der Waals surface area contributed by atoms with Crippen LogP contribution in [0.1, 0.15) is 13.3 Å². The minimum Gasteiger partial charge on any atom is -0.383 e. The Bertz CT molecular complexity index is 206. The average Bonchev–Trinajstić information content (AvgIpc) is 2.64. The molecule has 3 nitrogen and oxygen atoms in total. The van der Waals surface area contributed by atoms with Crippen LogP contribution in [-0.4, -0.2) is 25.1 Å². The monoisotopic (exact) mass is 181 g/mol. The van der Waals surface area contributed by atoms with Crippen molar-refractivity contribution in [3.63, 3.8) is 0 Å². The van der Waals surface area contributed by atoms with Crippen LogP contribution in [0.25, 0.3) is 0 Å². The summed E-state index contributed by atoms with van der Waals surface area (Å²) in [5.41, 5.74) is 1.18. The van der Waals surface area contributed by atoms with Gasteiger partial charge in [-0.25, -0.2) is 0 Å². The van der Waals surface area contributed by atoms with Gasteiger partial charge in [0.2, 0.25) is 0 Å². The van der Waals surface area contributed by atoms with E-state index in [1.165, 1.54) is 12.1 Å². The van der Waals surface area contributed by atoms with Gasteiger partial charge in [0.1, 0.15) is 0 Å². The third-order valence-electron chi connectivity index (χ3n) is 2.26. The lowest BCUT2D eigenvalue weighted by Crippen LogP contribution is -2.24. The fraction of sp³-hybridized carbons (Fsp3) is 0.600. The Morgan fingerprint density at radius 3 is 2.85 bits per heavy atom. The maximum atomic E-state index is 3.39. The van der Waals surface area contributed by atoms with Crippen LogP contribution in [0.2, 0.25) is 0 Å². The highest BCUT2D eigenvalue weighted by Crippen LogP contribution is 2.07. The fourth-order valence-electron chi connectivity index (χ4n) is 1.35. The van der Waals surface area contributed by atoms with Crippen molar-refractivity contribution < 1.29 is 0 Å². The van der Waals surface area contributed by atoms with Gasteiger partial charge in [0.05, 0.1) is 5.69 Å². The third-order valence-corrected chi connectivity index (χ3v) is 2.26. The standard InChI is InChI=1S/C10H19N3/c1-3-9(6-11-2)7-13-10-4-5-12-8-10/h4-5,8-9,11-13H,3,6-7H2,1-2H3. The first-order valence-corrected chi connectivity index (χ1v) is 4.88. The Morgan fingerprint density at radius 1 is 1.46 bits per heavy atom. The summed E-state index contributed by atoms with van der Waals surface area (Å²) in [5, 5.41) is 6.59. The molecule has 0 saturated heterocycles. The molecule has 1 aromatic heterocycles. The predicted molar refractivity (Wildman–Crippen MR) is 57.0 cm³/mol. The molecule has 0 aliphatic heterocycles.